The Morgan fingerprint density at radius 2 is 2.28 bits per heavy atom. The van der Waals surface area contributed by atoms with Gasteiger partial charge in [-0.15, -0.1) is 0 Å². The molecule has 5 N–H and O–H groups in total. The number of nitrogens with one attached hydrogen (secondary N) is 1. The Kier molecular flexibility index (Phi) is 3.18. The summed E-state index contributed by atoms with van der Waals surface area (Å²) in [6.45, 7) is 0.545. The first-order chi connectivity index (χ1) is 8.70. The summed E-state index contributed by atoms with van der Waals surface area (Å²) in [6.07, 6.45) is 3.48. The molecule has 0 aliphatic heterocycles. The van der Waals surface area contributed by atoms with Crippen molar-refractivity contribution in [2.75, 3.05) is 6.54 Å². The second-order valence-electron chi connectivity index (χ2n) is 5.11. The summed E-state index contributed by atoms with van der Waals surface area (Å²) in [5.41, 5.74) is 15.8. The van der Waals surface area contributed by atoms with Crippen LogP contribution in [-0.2, 0) is 6.42 Å². The number of H-pyrrole nitrogens is 1. The molecular weight excluding hydrogens is 290 g/mol. The number of aromatic amines is 1. The Morgan fingerprint density at radius 1 is 1.44 bits per heavy atom. The minimum absolute atomic E-state index is 0.0561. The SMILES string of the molecule is NCC(N)C1CCCc2c1[nH]c1ccc(Br)cc21. The minimum Gasteiger partial charge on any atom is -0.358 e. The van der Waals surface area contributed by atoms with Crippen LogP contribution in [0.15, 0.2) is 22.7 Å². The van der Waals surface area contributed by atoms with Crippen LogP contribution in [0.4, 0.5) is 0 Å². The molecule has 0 saturated carbocycles. The van der Waals surface area contributed by atoms with Crippen molar-refractivity contribution in [3.63, 3.8) is 0 Å². The Bertz CT molecular complexity index is 576. The molecule has 2 atom stereocenters. The molecular formula is C14H18BrN3. The summed E-state index contributed by atoms with van der Waals surface area (Å²) < 4.78 is 1.13. The van der Waals surface area contributed by atoms with E-state index in [4.69, 9.17) is 11.5 Å². The van der Waals surface area contributed by atoms with E-state index in [1.165, 1.54) is 28.6 Å². The third kappa shape index (κ3) is 1.88. The van der Waals surface area contributed by atoms with Gasteiger partial charge in [-0.05, 0) is 43.0 Å². The number of hydrogen-bond acceptors (Lipinski definition) is 2. The van der Waals surface area contributed by atoms with Crippen LogP contribution < -0.4 is 11.5 Å². The second-order valence-corrected chi connectivity index (χ2v) is 6.02. The first kappa shape index (κ1) is 12.2. The number of halogens is 1. The lowest BCUT2D eigenvalue weighted by Crippen LogP contribution is -2.37. The van der Waals surface area contributed by atoms with Crippen LogP contribution in [0.1, 0.15) is 30.0 Å². The molecule has 0 amide bonds. The molecule has 2 unspecified atom stereocenters. The fraction of sp³-hybridized carbons (Fsp3) is 0.429. The molecule has 3 rings (SSSR count). The molecule has 0 fully saturated rings. The van der Waals surface area contributed by atoms with Crippen molar-refractivity contribution in [3.05, 3.63) is 33.9 Å². The zero-order chi connectivity index (χ0) is 12.7. The van der Waals surface area contributed by atoms with Crippen LogP contribution in [0.25, 0.3) is 10.9 Å². The normalized spacial score (nSPS) is 20.9. The van der Waals surface area contributed by atoms with E-state index in [0.29, 0.717) is 12.5 Å². The molecule has 3 nitrogen and oxygen atoms in total. The molecule has 18 heavy (non-hydrogen) atoms. The van der Waals surface area contributed by atoms with E-state index >= 15 is 0 Å². The molecule has 1 aromatic heterocycles. The maximum absolute atomic E-state index is 6.16. The lowest BCUT2D eigenvalue weighted by Gasteiger charge is -2.27. The molecule has 4 heteroatoms. The highest BCUT2D eigenvalue weighted by Gasteiger charge is 2.27. The monoisotopic (exact) mass is 307 g/mol. The molecule has 0 spiro atoms. The first-order valence-corrected chi connectivity index (χ1v) is 7.25. The fourth-order valence-electron chi connectivity index (χ4n) is 3.06. The maximum Gasteiger partial charge on any atom is 0.0459 e. The van der Waals surface area contributed by atoms with Crippen LogP contribution >= 0.6 is 15.9 Å². The van der Waals surface area contributed by atoms with Gasteiger partial charge in [0.05, 0.1) is 0 Å². The van der Waals surface area contributed by atoms with Gasteiger partial charge in [-0.25, -0.2) is 0 Å². The van der Waals surface area contributed by atoms with Crippen molar-refractivity contribution >= 4 is 26.8 Å². The number of aryl methyl sites for hydroxylation is 1. The van der Waals surface area contributed by atoms with E-state index in [9.17, 15) is 0 Å². The predicted molar refractivity (Wildman–Crippen MR) is 78.7 cm³/mol. The van der Waals surface area contributed by atoms with Crippen molar-refractivity contribution < 1.29 is 0 Å². The van der Waals surface area contributed by atoms with Crippen LogP contribution in [0, 0.1) is 0 Å². The van der Waals surface area contributed by atoms with Gasteiger partial charge in [0, 0.05) is 39.6 Å². The van der Waals surface area contributed by atoms with E-state index in [1.54, 1.807) is 0 Å². The van der Waals surface area contributed by atoms with Gasteiger partial charge in [0.25, 0.3) is 0 Å². The molecule has 1 aliphatic rings. The molecule has 1 aliphatic carbocycles. The molecule has 0 radical (unpaired) electrons. The van der Waals surface area contributed by atoms with Crippen LogP contribution in [0.2, 0.25) is 0 Å². The average molecular weight is 308 g/mol. The molecule has 96 valence electrons. The van der Waals surface area contributed by atoms with Gasteiger partial charge in [0.15, 0.2) is 0 Å². The topological polar surface area (TPSA) is 67.8 Å². The smallest absolute Gasteiger partial charge is 0.0459 e. The second kappa shape index (κ2) is 4.68. The van der Waals surface area contributed by atoms with E-state index < -0.39 is 0 Å². The average Bonchev–Trinajstić information content (AvgIpc) is 2.75. The zero-order valence-electron chi connectivity index (χ0n) is 10.2. The van der Waals surface area contributed by atoms with E-state index in [1.807, 2.05) is 0 Å². The van der Waals surface area contributed by atoms with Crippen LogP contribution in [0.5, 0.6) is 0 Å². The third-order valence-corrected chi connectivity index (χ3v) is 4.50. The number of nitrogens with two attached hydrogens (primary N) is 2. The first-order valence-electron chi connectivity index (χ1n) is 6.46. The third-order valence-electron chi connectivity index (χ3n) is 4.00. The van der Waals surface area contributed by atoms with Crippen molar-refractivity contribution in [1.82, 2.24) is 4.98 Å². The summed E-state index contributed by atoms with van der Waals surface area (Å²) >= 11 is 3.54. The van der Waals surface area contributed by atoms with Gasteiger partial charge in [-0.1, -0.05) is 15.9 Å². The van der Waals surface area contributed by atoms with Crippen molar-refractivity contribution in [2.45, 2.75) is 31.2 Å². The van der Waals surface area contributed by atoms with Gasteiger partial charge >= 0.3 is 0 Å². The van der Waals surface area contributed by atoms with Gasteiger partial charge in [0.2, 0.25) is 0 Å². The van der Waals surface area contributed by atoms with E-state index in [0.717, 1.165) is 17.3 Å². The Hall–Kier alpha value is -0.840. The summed E-state index contributed by atoms with van der Waals surface area (Å²) in [6, 6.07) is 6.45. The minimum atomic E-state index is 0.0561. The standard InChI is InChI=1S/C14H18BrN3/c15-8-4-5-13-11(6-8)9-2-1-3-10(12(17)7-16)14(9)18-13/h4-6,10,12,18H,1-3,7,16-17H2. The van der Waals surface area contributed by atoms with Crippen LogP contribution in [0.3, 0.4) is 0 Å². The van der Waals surface area contributed by atoms with Crippen LogP contribution in [-0.4, -0.2) is 17.6 Å². The molecule has 1 aromatic carbocycles. The number of fused-ring (bicyclic) bond motifs is 3. The number of aromatic nitrogens is 1. The number of hydrogen-bond donors (Lipinski definition) is 3. The molecule has 0 bridgehead atoms. The lowest BCUT2D eigenvalue weighted by molar-refractivity contribution is 0.461. The molecule has 1 heterocycles. The zero-order valence-corrected chi connectivity index (χ0v) is 11.8. The van der Waals surface area contributed by atoms with Gasteiger partial charge < -0.3 is 16.5 Å². The summed E-state index contributed by atoms with van der Waals surface area (Å²) in [4.78, 5) is 3.55. The van der Waals surface area contributed by atoms with Gasteiger partial charge in [-0.3, -0.25) is 0 Å². The van der Waals surface area contributed by atoms with Gasteiger partial charge in [0.1, 0.15) is 0 Å². The van der Waals surface area contributed by atoms with Crippen molar-refractivity contribution in [3.8, 4) is 0 Å². The van der Waals surface area contributed by atoms with E-state index in [-0.39, 0.29) is 6.04 Å². The molecule has 0 saturated heterocycles. The lowest BCUT2D eigenvalue weighted by atomic mass is 9.82. The largest absolute Gasteiger partial charge is 0.358 e. The Labute approximate surface area is 115 Å². The highest BCUT2D eigenvalue weighted by molar-refractivity contribution is 9.10. The van der Waals surface area contributed by atoms with Crippen molar-refractivity contribution in [2.24, 2.45) is 11.5 Å². The maximum atomic E-state index is 6.16. The summed E-state index contributed by atoms with van der Waals surface area (Å²) in [5.74, 6) is 0.380. The van der Waals surface area contributed by atoms with Gasteiger partial charge in [-0.2, -0.15) is 0 Å². The number of benzene rings is 1. The molecule has 2 aromatic rings. The quantitative estimate of drug-likeness (QED) is 0.798. The van der Waals surface area contributed by atoms with Crippen molar-refractivity contribution in [1.29, 1.82) is 0 Å². The fourth-order valence-corrected chi connectivity index (χ4v) is 3.42. The predicted octanol–water partition coefficient (Wildman–Crippen LogP) is 2.64. The Morgan fingerprint density at radius 3 is 3.06 bits per heavy atom. The highest BCUT2D eigenvalue weighted by atomic mass is 79.9. The number of rotatable bonds is 2. The summed E-state index contributed by atoms with van der Waals surface area (Å²) in [7, 11) is 0. The summed E-state index contributed by atoms with van der Waals surface area (Å²) in [5, 5.41) is 1.33. The Balaban J connectivity index is 2.15. The highest BCUT2D eigenvalue weighted by Crippen LogP contribution is 2.37. The van der Waals surface area contributed by atoms with E-state index in [2.05, 4.69) is 39.1 Å².